The molecule has 1 aliphatic rings. The number of nitrogens with zero attached hydrogens (tertiary/aromatic N) is 1. The van der Waals surface area contributed by atoms with Crippen LogP contribution in [-0.2, 0) is 4.79 Å². The van der Waals surface area contributed by atoms with Crippen molar-refractivity contribution in [3.63, 3.8) is 0 Å². The Morgan fingerprint density at radius 1 is 1.35 bits per heavy atom. The minimum absolute atomic E-state index is 0.0237. The minimum atomic E-state index is 0.0237. The molecular weight excluding hydrogens is 288 g/mol. The summed E-state index contributed by atoms with van der Waals surface area (Å²) >= 11 is 0. The molecule has 0 aliphatic heterocycles. The fourth-order valence-corrected chi connectivity index (χ4v) is 3.19. The van der Waals surface area contributed by atoms with Gasteiger partial charge >= 0.3 is 0 Å². The van der Waals surface area contributed by atoms with Gasteiger partial charge in [-0.1, -0.05) is 36.7 Å². The number of nitrogens with one attached hydrogen (secondary N) is 1. The lowest BCUT2D eigenvalue weighted by Gasteiger charge is -2.23. The number of carbonyl (C=O) groups excluding carboxylic acids is 1. The maximum absolute atomic E-state index is 12.3. The van der Waals surface area contributed by atoms with E-state index in [-0.39, 0.29) is 11.8 Å². The van der Waals surface area contributed by atoms with Crippen molar-refractivity contribution >= 4 is 11.6 Å². The highest BCUT2D eigenvalue weighted by molar-refractivity contribution is 5.91. The van der Waals surface area contributed by atoms with Crippen LogP contribution in [0, 0.1) is 6.92 Å². The highest BCUT2D eigenvalue weighted by Gasteiger charge is 2.29. The third kappa shape index (κ3) is 3.46. The Labute approximate surface area is 137 Å². The summed E-state index contributed by atoms with van der Waals surface area (Å²) in [5.74, 6) is 1.70. The molecule has 23 heavy (non-hydrogen) atoms. The Balaban J connectivity index is 1.67. The van der Waals surface area contributed by atoms with Crippen LogP contribution >= 0.6 is 0 Å². The van der Waals surface area contributed by atoms with Gasteiger partial charge in [-0.3, -0.25) is 4.79 Å². The van der Waals surface area contributed by atoms with Gasteiger partial charge in [-0.2, -0.15) is 0 Å². The largest absolute Gasteiger partial charge is 0.361 e. The summed E-state index contributed by atoms with van der Waals surface area (Å²) < 4.78 is 5.60. The molecule has 1 aromatic heterocycles. The summed E-state index contributed by atoms with van der Waals surface area (Å²) in [4.78, 5) is 12.3. The molecule has 0 saturated heterocycles. The van der Waals surface area contributed by atoms with Gasteiger partial charge in [0.1, 0.15) is 5.76 Å². The zero-order valence-corrected chi connectivity index (χ0v) is 13.8. The SMILES string of the molecule is CC[C@@H](CC(=O)Nc1ccccc1)c1noc(C2CCC2)c1C. The Morgan fingerprint density at radius 3 is 2.70 bits per heavy atom. The first-order valence-electron chi connectivity index (χ1n) is 8.50. The molecule has 0 radical (unpaired) electrons. The molecule has 122 valence electrons. The van der Waals surface area contributed by atoms with Crippen LogP contribution in [0.15, 0.2) is 34.9 Å². The van der Waals surface area contributed by atoms with E-state index in [1.165, 1.54) is 19.3 Å². The van der Waals surface area contributed by atoms with Crippen LogP contribution in [0.25, 0.3) is 0 Å². The van der Waals surface area contributed by atoms with E-state index in [4.69, 9.17) is 4.52 Å². The Bertz CT molecular complexity index is 659. The lowest BCUT2D eigenvalue weighted by Crippen LogP contribution is -2.16. The number of anilines is 1. The van der Waals surface area contributed by atoms with Crippen molar-refractivity contribution in [3.05, 3.63) is 47.3 Å². The van der Waals surface area contributed by atoms with Gasteiger partial charge in [0, 0.05) is 29.5 Å². The number of rotatable bonds is 6. The molecule has 1 aliphatic carbocycles. The molecule has 1 atom stereocenters. The zero-order chi connectivity index (χ0) is 16.2. The van der Waals surface area contributed by atoms with Gasteiger partial charge in [0.25, 0.3) is 0 Å². The predicted octanol–water partition coefficient (Wildman–Crippen LogP) is 4.77. The molecule has 1 heterocycles. The van der Waals surface area contributed by atoms with Crippen molar-refractivity contribution in [1.29, 1.82) is 0 Å². The lowest BCUT2D eigenvalue weighted by atomic mass is 9.81. The molecule has 1 N–H and O–H groups in total. The fourth-order valence-electron chi connectivity index (χ4n) is 3.19. The predicted molar refractivity (Wildman–Crippen MR) is 90.6 cm³/mol. The Kier molecular flexibility index (Phi) is 4.79. The van der Waals surface area contributed by atoms with E-state index in [9.17, 15) is 4.79 Å². The third-order valence-electron chi connectivity index (χ3n) is 4.84. The van der Waals surface area contributed by atoms with Crippen LogP contribution in [-0.4, -0.2) is 11.1 Å². The summed E-state index contributed by atoms with van der Waals surface area (Å²) in [6, 6.07) is 9.56. The quantitative estimate of drug-likeness (QED) is 0.835. The van der Waals surface area contributed by atoms with Crippen LogP contribution in [0.4, 0.5) is 5.69 Å². The molecular formula is C19H24N2O2. The molecule has 2 aromatic rings. The first-order valence-corrected chi connectivity index (χ1v) is 8.50. The van der Waals surface area contributed by atoms with Crippen molar-refractivity contribution in [2.24, 2.45) is 0 Å². The molecule has 0 unspecified atom stereocenters. The summed E-state index contributed by atoms with van der Waals surface area (Å²) in [6.45, 7) is 4.18. The molecule has 1 fully saturated rings. The maximum atomic E-state index is 12.3. The monoisotopic (exact) mass is 312 g/mol. The molecule has 4 heteroatoms. The first kappa shape index (κ1) is 15.8. The Morgan fingerprint density at radius 2 is 2.09 bits per heavy atom. The third-order valence-corrected chi connectivity index (χ3v) is 4.84. The number of hydrogen-bond acceptors (Lipinski definition) is 3. The number of aromatic nitrogens is 1. The van der Waals surface area contributed by atoms with Crippen LogP contribution in [0.5, 0.6) is 0 Å². The Hall–Kier alpha value is -2.10. The standard InChI is InChI=1S/C19H24N2O2/c1-3-14(12-17(22)20-16-10-5-4-6-11-16)18-13(2)19(23-21-18)15-8-7-9-15/h4-6,10-11,14-15H,3,7-9,12H2,1-2H3,(H,20,22)/t14-/m0/s1. The van der Waals surface area contributed by atoms with E-state index in [2.05, 4.69) is 24.3 Å². The van der Waals surface area contributed by atoms with Gasteiger partial charge < -0.3 is 9.84 Å². The summed E-state index contributed by atoms with van der Waals surface area (Å²) in [7, 11) is 0. The summed E-state index contributed by atoms with van der Waals surface area (Å²) in [5, 5.41) is 7.25. The van der Waals surface area contributed by atoms with Crippen molar-refractivity contribution in [3.8, 4) is 0 Å². The molecule has 4 nitrogen and oxygen atoms in total. The van der Waals surface area contributed by atoms with Gasteiger partial charge in [-0.05, 0) is 38.3 Å². The average Bonchev–Trinajstić information content (AvgIpc) is 2.86. The van der Waals surface area contributed by atoms with Crippen LogP contribution in [0.2, 0.25) is 0 Å². The first-order chi connectivity index (χ1) is 11.2. The molecule has 1 amide bonds. The lowest BCUT2D eigenvalue weighted by molar-refractivity contribution is -0.116. The smallest absolute Gasteiger partial charge is 0.225 e. The van der Waals surface area contributed by atoms with E-state index in [1.807, 2.05) is 30.3 Å². The van der Waals surface area contributed by atoms with Gasteiger partial charge in [0.2, 0.25) is 5.91 Å². The number of hydrogen-bond donors (Lipinski definition) is 1. The highest BCUT2D eigenvalue weighted by atomic mass is 16.5. The van der Waals surface area contributed by atoms with Gasteiger partial charge in [0.15, 0.2) is 0 Å². The highest BCUT2D eigenvalue weighted by Crippen LogP contribution is 2.40. The van der Waals surface area contributed by atoms with Crippen LogP contribution in [0.3, 0.4) is 0 Å². The van der Waals surface area contributed by atoms with Crippen molar-refractivity contribution in [1.82, 2.24) is 5.16 Å². The van der Waals surface area contributed by atoms with Crippen molar-refractivity contribution in [2.75, 3.05) is 5.32 Å². The number of amides is 1. The zero-order valence-electron chi connectivity index (χ0n) is 13.8. The van der Waals surface area contributed by atoms with Gasteiger partial charge in [0.05, 0.1) is 5.69 Å². The number of para-hydroxylation sites is 1. The van der Waals surface area contributed by atoms with E-state index in [0.717, 1.165) is 29.1 Å². The summed E-state index contributed by atoms with van der Waals surface area (Å²) in [5.41, 5.74) is 2.94. The number of benzene rings is 1. The topological polar surface area (TPSA) is 55.1 Å². The molecule has 1 saturated carbocycles. The van der Waals surface area contributed by atoms with E-state index in [0.29, 0.717) is 12.3 Å². The molecule has 1 aromatic carbocycles. The fraction of sp³-hybridized carbons (Fsp3) is 0.474. The van der Waals surface area contributed by atoms with Crippen LogP contribution in [0.1, 0.15) is 67.9 Å². The number of carbonyl (C=O) groups is 1. The average molecular weight is 312 g/mol. The summed E-state index contributed by atoms with van der Waals surface area (Å²) in [6.07, 6.45) is 4.97. The van der Waals surface area contributed by atoms with Crippen LogP contribution < -0.4 is 5.32 Å². The molecule has 0 bridgehead atoms. The van der Waals surface area contributed by atoms with E-state index >= 15 is 0 Å². The second kappa shape index (κ2) is 6.99. The van der Waals surface area contributed by atoms with Gasteiger partial charge in [-0.15, -0.1) is 0 Å². The van der Waals surface area contributed by atoms with Crippen molar-refractivity contribution < 1.29 is 9.32 Å². The molecule has 0 spiro atoms. The normalized spacial score (nSPS) is 15.9. The van der Waals surface area contributed by atoms with E-state index < -0.39 is 0 Å². The maximum Gasteiger partial charge on any atom is 0.225 e. The van der Waals surface area contributed by atoms with E-state index in [1.54, 1.807) is 0 Å². The second-order valence-electron chi connectivity index (χ2n) is 6.41. The molecule has 3 rings (SSSR count). The second-order valence-corrected chi connectivity index (χ2v) is 6.41. The van der Waals surface area contributed by atoms with Gasteiger partial charge in [-0.25, -0.2) is 0 Å². The minimum Gasteiger partial charge on any atom is -0.361 e. The van der Waals surface area contributed by atoms with Crippen molar-refractivity contribution in [2.45, 2.75) is 57.8 Å².